The molecule has 0 radical (unpaired) electrons. The van der Waals surface area contributed by atoms with E-state index in [2.05, 4.69) is 4.90 Å². The molecule has 1 saturated heterocycles. The van der Waals surface area contributed by atoms with Crippen LogP contribution in [-0.2, 0) is 23.2 Å². The molecule has 2 aromatic carbocycles. The molecule has 160 valence electrons. The van der Waals surface area contributed by atoms with E-state index in [9.17, 15) is 13.6 Å². The lowest BCUT2D eigenvalue weighted by atomic mass is 9.74. The molecule has 3 nitrogen and oxygen atoms in total. The standard InChI is InChI=1S/C25H24F2N2OS/c26-19-5-3-18(4-6-19)16-28-11-9-25(10-12-28)17-29(23-8-7-20(27)14-22(23)25)24(30)15-21-2-1-13-31-21/h1-8,13-14H,9-12,15-17H2. The molecule has 31 heavy (non-hydrogen) atoms. The molecule has 0 bridgehead atoms. The fourth-order valence-electron chi connectivity index (χ4n) is 4.94. The van der Waals surface area contributed by atoms with Gasteiger partial charge < -0.3 is 4.90 Å². The molecule has 0 aliphatic carbocycles. The Balaban J connectivity index is 1.34. The van der Waals surface area contributed by atoms with E-state index in [1.54, 1.807) is 23.5 Å². The van der Waals surface area contributed by atoms with Gasteiger partial charge in [-0.1, -0.05) is 18.2 Å². The van der Waals surface area contributed by atoms with Crippen LogP contribution in [0.3, 0.4) is 0 Å². The monoisotopic (exact) mass is 438 g/mol. The number of halogens is 2. The molecular weight excluding hydrogens is 414 g/mol. The van der Waals surface area contributed by atoms with Gasteiger partial charge >= 0.3 is 0 Å². The minimum absolute atomic E-state index is 0.0703. The Hall–Kier alpha value is -2.57. The highest BCUT2D eigenvalue weighted by atomic mass is 32.1. The Morgan fingerprint density at radius 2 is 1.74 bits per heavy atom. The summed E-state index contributed by atoms with van der Waals surface area (Å²) in [6, 6.07) is 15.4. The van der Waals surface area contributed by atoms with Crippen molar-refractivity contribution in [1.29, 1.82) is 0 Å². The molecule has 6 heteroatoms. The minimum Gasteiger partial charge on any atom is -0.311 e. The molecule has 0 N–H and O–H groups in total. The van der Waals surface area contributed by atoms with Gasteiger partial charge in [0.15, 0.2) is 0 Å². The number of benzene rings is 2. The largest absolute Gasteiger partial charge is 0.311 e. The lowest BCUT2D eigenvalue weighted by Crippen LogP contribution is -2.46. The summed E-state index contributed by atoms with van der Waals surface area (Å²) in [4.78, 5) is 18.4. The molecule has 3 heterocycles. The SMILES string of the molecule is O=C(Cc1cccs1)N1CC2(CCN(Cc3ccc(F)cc3)CC2)c2cc(F)ccc21. The topological polar surface area (TPSA) is 23.6 Å². The highest BCUT2D eigenvalue weighted by molar-refractivity contribution is 7.10. The van der Waals surface area contributed by atoms with E-state index in [0.717, 1.165) is 54.2 Å². The number of likely N-dealkylation sites (tertiary alicyclic amines) is 1. The van der Waals surface area contributed by atoms with Crippen molar-refractivity contribution in [2.24, 2.45) is 0 Å². The Morgan fingerprint density at radius 3 is 2.45 bits per heavy atom. The molecule has 1 fully saturated rings. The highest BCUT2D eigenvalue weighted by Crippen LogP contribution is 2.47. The number of carbonyl (C=O) groups excluding carboxylic acids is 1. The molecule has 1 spiro atoms. The fraction of sp³-hybridized carbons (Fsp3) is 0.320. The summed E-state index contributed by atoms with van der Waals surface area (Å²) in [6.07, 6.45) is 2.11. The molecule has 0 atom stereocenters. The van der Waals surface area contributed by atoms with E-state index in [-0.39, 0.29) is 23.0 Å². The molecular formula is C25H24F2N2OS. The van der Waals surface area contributed by atoms with Gasteiger partial charge in [-0.2, -0.15) is 0 Å². The van der Waals surface area contributed by atoms with Crippen LogP contribution < -0.4 is 4.90 Å². The first-order valence-corrected chi connectivity index (χ1v) is 11.5. The number of piperidine rings is 1. The zero-order valence-electron chi connectivity index (χ0n) is 17.2. The number of hydrogen-bond donors (Lipinski definition) is 0. The normalized spacial score (nSPS) is 17.8. The van der Waals surface area contributed by atoms with Gasteiger partial charge in [0, 0.05) is 29.1 Å². The predicted octanol–water partition coefficient (Wildman–Crippen LogP) is 5.15. The summed E-state index contributed by atoms with van der Waals surface area (Å²) in [6.45, 7) is 3.11. The number of fused-ring (bicyclic) bond motifs is 2. The average Bonchev–Trinajstić information content (AvgIpc) is 3.38. The quantitative estimate of drug-likeness (QED) is 0.563. The van der Waals surface area contributed by atoms with Crippen LogP contribution in [0.1, 0.15) is 28.8 Å². The number of carbonyl (C=O) groups is 1. The van der Waals surface area contributed by atoms with Gasteiger partial charge in [-0.25, -0.2) is 8.78 Å². The van der Waals surface area contributed by atoms with Gasteiger partial charge in [0.05, 0.1) is 6.42 Å². The first kappa shape index (κ1) is 20.3. The van der Waals surface area contributed by atoms with Gasteiger partial charge in [-0.05, 0) is 78.8 Å². The lowest BCUT2D eigenvalue weighted by Gasteiger charge is -2.40. The van der Waals surface area contributed by atoms with E-state index in [1.165, 1.54) is 18.2 Å². The average molecular weight is 439 g/mol. The number of anilines is 1. The van der Waals surface area contributed by atoms with Crippen LogP contribution in [0.5, 0.6) is 0 Å². The summed E-state index contributed by atoms with van der Waals surface area (Å²) in [7, 11) is 0. The number of thiophene rings is 1. The molecule has 1 amide bonds. The van der Waals surface area contributed by atoms with Gasteiger partial charge in [0.25, 0.3) is 0 Å². The van der Waals surface area contributed by atoms with Crippen LogP contribution in [0, 0.1) is 11.6 Å². The number of amides is 1. The van der Waals surface area contributed by atoms with Crippen LogP contribution >= 0.6 is 11.3 Å². The molecule has 5 rings (SSSR count). The van der Waals surface area contributed by atoms with Crippen molar-refractivity contribution in [2.75, 3.05) is 24.5 Å². The second-order valence-electron chi connectivity index (χ2n) is 8.58. The van der Waals surface area contributed by atoms with E-state index in [4.69, 9.17) is 0 Å². The zero-order chi connectivity index (χ0) is 21.4. The second-order valence-corrected chi connectivity index (χ2v) is 9.61. The highest BCUT2D eigenvalue weighted by Gasteiger charge is 2.46. The first-order valence-electron chi connectivity index (χ1n) is 10.6. The maximum atomic E-state index is 14.2. The van der Waals surface area contributed by atoms with Crippen molar-refractivity contribution in [3.8, 4) is 0 Å². The molecule has 2 aliphatic heterocycles. The summed E-state index contributed by atoms with van der Waals surface area (Å²) < 4.78 is 27.4. The van der Waals surface area contributed by atoms with Crippen molar-refractivity contribution in [1.82, 2.24) is 4.90 Å². The molecule has 2 aliphatic rings. The van der Waals surface area contributed by atoms with E-state index in [0.29, 0.717) is 13.0 Å². The number of hydrogen-bond acceptors (Lipinski definition) is 3. The maximum absolute atomic E-state index is 14.2. The molecule has 0 unspecified atom stereocenters. The Morgan fingerprint density at radius 1 is 1.00 bits per heavy atom. The van der Waals surface area contributed by atoms with Crippen LogP contribution in [0.15, 0.2) is 60.0 Å². The minimum atomic E-state index is -0.251. The van der Waals surface area contributed by atoms with Crippen LogP contribution in [0.4, 0.5) is 14.5 Å². The summed E-state index contributed by atoms with van der Waals surface area (Å²) in [5.41, 5.74) is 2.70. The van der Waals surface area contributed by atoms with Crippen molar-refractivity contribution in [3.05, 3.63) is 87.6 Å². The van der Waals surface area contributed by atoms with Gasteiger partial charge in [-0.3, -0.25) is 9.69 Å². The summed E-state index contributed by atoms with van der Waals surface area (Å²) in [5, 5.41) is 1.98. The fourth-order valence-corrected chi connectivity index (χ4v) is 5.63. The van der Waals surface area contributed by atoms with Crippen LogP contribution in [-0.4, -0.2) is 30.4 Å². The van der Waals surface area contributed by atoms with Gasteiger partial charge in [0.2, 0.25) is 5.91 Å². The Kier molecular flexibility index (Phi) is 5.36. The van der Waals surface area contributed by atoms with E-state index < -0.39 is 0 Å². The first-order chi connectivity index (χ1) is 15.0. The summed E-state index contributed by atoms with van der Waals surface area (Å²) in [5.74, 6) is -0.404. The van der Waals surface area contributed by atoms with Gasteiger partial charge in [0.1, 0.15) is 11.6 Å². The third-order valence-corrected chi connectivity index (χ3v) is 7.50. The third kappa shape index (κ3) is 4.02. The Labute approximate surface area is 184 Å². The van der Waals surface area contributed by atoms with Crippen LogP contribution in [0.2, 0.25) is 0 Å². The number of nitrogens with zero attached hydrogens (tertiary/aromatic N) is 2. The zero-order valence-corrected chi connectivity index (χ0v) is 18.0. The van der Waals surface area contributed by atoms with E-state index >= 15 is 0 Å². The predicted molar refractivity (Wildman–Crippen MR) is 119 cm³/mol. The van der Waals surface area contributed by atoms with Crippen molar-refractivity contribution in [2.45, 2.75) is 31.2 Å². The number of rotatable bonds is 4. The lowest BCUT2D eigenvalue weighted by molar-refractivity contribution is -0.118. The van der Waals surface area contributed by atoms with E-state index in [1.807, 2.05) is 34.5 Å². The summed E-state index contributed by atoms with van der Waals surface area (Å²) >= 11 is 1.59. The Bertz CT molecular complexity index is 1070. The van der Waals surface area contributed by atoms with Crippen LogP contribution in [0.25, 0.3) is 0 Å². The van der Waals surface area contributed by atoms with Crippen molar-refractivity contribution < 1.29 is 13.6 Å². The maximum Gasteiger partial charge on any atom is 0.232 e. The van der Waals surface area contributed by atoms with Gasteiger partial charge in [-0.15, -0.1) is 11.3 Å². The van der Waals surface area contributed by atoms with Crippen molar-refractivity contribution >= 4 is 22.9 Å². The smallest absolute Gasteiger partial charge is 0.232 e. The second kappa shape index (κ2) is 8.17. The molecule has 0 saturated carbocycles. The van der Waals surface area contributed by atoms with Crippen molar-refractivity contribution in [3.63, 3.8) is 0 Å². The molecule has 3 aromatic rings. The third-order valence-electron chi connectivity index (χ3n) is 6.62. The molecule has 1 aromatic heterocycles.